The summed E-state index contributed by atoms with van der Waals surface area (Å²) in [7, 11) is -0.555. The van der Waals surface area contributed by atoms with Gasteiger partial charge in [-0.2, -0.15) is 0 Å². The van der Waals surface area contributed by atoms with E-state index < -0.39 is 10.0 Å². The van der Waals surface area contributed by atoms with Crippen LogP contribution in [0.25, 0.3) is 0 Å². The molecule has 132 valence electrons. The maximum Gasteiger partial charge on any atom is 0.244 e. The largest absolute Gasteiger partial charge is 0.495 e. The zero-order valence-corrected chi connectivity index (χ0v) is 15.9. The van der Waals surface area contributed by atoms with Crippen LogP contribution in [0.5, 0.6) is 5.75 Å². The van der Waals surface area contributed by atoms with Crippen LogP contribution in [0, 0.1) is 13.8 Å². The van der Waals surface area contributed by atoms with Crippen LogP contribution in [0.4, 0.5) is 0 Å². The number of hydrogen-bond donors (Lipinski definition) is 1. The van der Waals surface area contributed by atoms with Crippen molar-refractivity contribution in [1.82, 2.24) is 9.71 Å². The number of nitrogens with zero attached hydrogens (tertiary/aromatic N) is 1. The van der Waals surface area contributed by atoms with Gasteiger partial charge in [-0.05, 0) is 37.1 Å². The van der Waals surface area contributed by atoms with Gasteiger partial charge in [-0.15, -0.1) is 11.3 Å². The Bertz CT molecular complexity index is 800. The molecule has 1 aromatic carbocycles. The minimum atomic E-state index is -3.64. The first-order chi connectivity index (χ1) is 11.4. The van der Waals surface area contributed by atoms with Gasteiger partial charge in [-0.3, -0.25) is 0 Å². The van der Waals surface area contributed by atoms with Gasteiger partial charge in [0, 0.05) is 25.5 Å². The third-order valence-corrected chi connectivity index (χ3v) is 5.96. The van der Waals surface area contributed by atoms with E-state index in [2.05, 4.69) is 9.71 Å². The second-order valence-corrected chi connectivity index (χ2v) is 8.08. The van der Waals surface area contributed by atoms with Crippen molar-refractivity contribution in [3.05, 3.63) is 39.3 Å². The molecule has 0 fully saturated rings. The van der Waals surface area contributed by atoms with E-state index in [0.717, 1.165) is 21.8 Å². The van der Waals surface area contributed by atoms with Gasteiger partial charge in [0.2, 0.25) is 10.0 Å². The number of aryl methyl sites for hydroxylation is 2. The summed E-state index contributed by atoms with van der Waals surface area (Å²) < 4.78 is 37.9. The molecular weight excluding hydrogens is 348 g/mol. The topological polar surface area (TPSA) is 77.5 Å². The SMILES string of the molecule is COCc1nc(CCNS(=O)(=O)c2cc(C)c(C)cc2OC)cs1. The summed E-state index contributed by atoms with van der Waals surface area (Å²) in [6, 6.07) is 3.37. The van der Waals surface area contributed by atoms with Gasteiger partial charge < -0.3 is 9.47 Å². The average Bonchev–Trinajstić information content (AvgIpc) is 2.97. The van der Waals surface area contributed by atoms with Crippen LogP contribution >= 0.6 is 11.3 Å². The zero-order chi connectivity index (χ0) is 17.7. The molecule has 0 atom stereocenters. The maximum absolute atomic E-state index is 12.5. The van der Waals surface area contributed by atoms with E-state index in [0.29, 0.717) is 18.8 Å². The molecule has 24 heavy (non-hydrogen) atoms. The highest BCUT2D eigenvalue weighted by Crippen LogP contribution is 2.27. The Labute approximate surface area is 146 Å². The number of benzene rings is 1. The van der Waals surface area contributed by atoms with Crippen LogP contribution in [0.2, 0.25) is 0 Å². The first-order valence-electron chi connectivity index (χ1n) is 7.44. The fourth-order valence-electron chi connectivity index (χ4n) is 2.18. The number of methoxy groups -OCH3 is 2. The second-order valence-electron chi connectivity index (χ2n) is 5.40. The van der Waals surface area contributed by atoms with Crippen LogP contribution in [-0.4, -0.2) is 34.2 Å². The van der Waals surface area contributed by atoms with E-state index in [1.807, 2.05) is 19.2 Å². The molecule has 0 bridgehead atoms. The smallest absolute Gasteiger partial charge is 0.244 e. The summed E-state index contributed by atoms with van der Waals surface area (Å²) >= 11 is 1.50. The molecule has 0 aliphatic heterocycles. The highest BCUT2D eigenvalue weighted by molar-refractivity contribution is 7.89. The first kappa shape index (κ1) is 18.9. The zero-order valence-electron chi connectivity index (χ0n) is 14.3. The van der Waals surface area contributed by atoms with Crippen molar-refractivity contribution in [2.24, 2.45) is 0 Å². The molecular formula is C16H22N2O4S2. The molecule has 2 rings (SSSR count). The highest BCUT2D eigenvalue weighted by atomic mass is 32.2. The molecule has 0 spiro atoms. The van der Waals surface area contributed by atoms with Crippen LogP contribution in [0.1, 0.15) is 21.8 Å². The van der Waals surface area contributed by atoms with Crippen molar-refractivity contribution < 1.29 is 17.9 Å². The average molecular weight is 370 g/mol. The third-order valence-electron chi connectivity index (χ3n) is 3.61. The van der Waals surface area contributed by atoms with Crippen LogP contribution in [0.15, 0.2) is 22.4 Å². The van der Waals surface area contributed by atoms with Gasteiger partial charge in [0.15, 0.2) is 0 Å². The fraction of sp³-hybridized carbons (Fsp3) is 0.438. The molecule has 6 nitrogen and oxygen atoms in total. The minimum absolute atomic E-state index is 0.159. The Balaban J connectivity index is 2.07. The molecule has 0 unspecified atom stereocenters. The number of sulfonamides is 1. The lowest BCUT2D eigenvalue weighted by atomic mass is 10.1. The van der Waals surface area contributed by atoms with Gasteiger partial charge in [0.1, 0.15) is 15.7 Å². The highest BCUT2D eigenvalue weighted by Gasteiger charge is 2.20. The second kappa shape index (κ2) is 8.06. The molecule has 0 radical (unpaired) electrons. The summed E-state index contributed by atoms with van der Waals surface area (Å²) in [6.07, 6.45) is 0.520. The van der Waals surface area contributed by atoms with Crippen molar-refractivity contribution >= 4 is 21.4 Å². The fourth-order valence-corrected chi connectivity index (χ4v) is 4.24. The number of nitrogens with one attached hydrogen (secondary N) is 1. The van der Waals surface area contributed by atoms with Gasteiger partial charge >= 0.3 is 0 Å². The van der Waals surface area contributed by atoms with Gasteiger partial charge in [-0.25, -0.2) is 18.1 Å². The molecule has 1 N–H and O–H groups in total. The van der Waals surface area contributed by atoms with Crippen LogP contribution in [0.3, 0.4) is 0 Å². The molecule has 8 heteroatoms. The lowest BCUT2D eigenvalue weighted by Crippen LogP contribution is -2.26. The summed E-state index contributed by atoms with van der Waals surface area (Å²) in [5.74, 6) is 0.349. The quantitative estimate of drug-likeness (QED) is 0.772. The molecule has 2 aromatic rings. The number of hydrogen-bond acceptors (Lipinski definition) is 6. The molecule has 0 aliphatic carbocycles. The van der Waals surface area contributed by atoms with Crippen molar-refractivity contribution in [1.29, 1.82) is 0 Å². The van der Waals surface area contributed by atoms with Gasteiger partial charge in [-0.1, -0.05) is 0 Å². The Morgan fingerprint density at radius 1 is 1.21 bits per heavy atom. The molecule has 0 amide bonds. The summed E-state index contributed by atoms with van der Waals surface area (Å²) in [5, 5.41) is 2.80. The normalized spacial score (nSPS) is 11.7. The number of rotatable bonds is 8. The van der Waals surface area contributed by atoms with E-state index in [1.165, 1.54) is 18.4 Å². The number of thiazole rings is 1. The van der Waals surface area contributed by atoms with Crippen molar-refractivity contribution in [2.75, 3.05) is 20.8 Å². The minimum Gasteiger partial charge on any atom is -0.495 e. The molecule has 0 saturated carbocycles. The molecule has 0 aliphatic rings. The third kappa shape index (κ3) is 4.54. The molecule has 1 aromatic heterocycles. The monoisotopic (exact) mass is 370 g/mol. The standard InChI is InChI=1S/C16H22N2O4S2/c1-11-7-14(22-4)15(8-12(11)2)24(19,20)17-6-5-13-10-23-16(18-13)9-21-3/h7-8,10,17H,5-6,9H2,1-4H3. The van der Waals surface area contributed by atoms with Crippen molar-refractivity contribution in [3.63, 3.8) is 0 Å². The predicted molar refractivity (Wildman–Crippen MR) is 94.2 cm³/mol. The lowest BCUT2D eigenvalue weighted by molar-refractivity contribution is 0.184. The Kier molecular flexibility index (Phi) is 6.34. The van der Waals surface area contributed by atoms with E-state index in [1.54, 1.807) is 19.2 Å². The number of ether oxygens (including phenoxy) is 2. The van der Waals surface area contributed by atoms with Crippen molar-refractivity contribution in [3.8, 4) is 5.75 Å². The Morgan fingerprint density at radius 3 is 2.58 bits per heavy atom. The lowest BCUT2D eigenvalue weighted by Gasteiger charge is -2.13. The van der Waals surface area contributed by atoms with Crippen LogP contribution < -0.4 is 9.46 Å². The summed E-state index contributed by atoms with van der Waals surface area (Å²) in [6.45, 7) is 4.53. The predicted octanol–water partition coefficient (Wildman–Crippen LogP) is 2.44. The van der Waals surface area contributed by atoms with Gasteiger partial charge in [0.05, 0.1) is 19.4 Å². The van der Waals surface area contributed by atoms with Crippen LogP contribution in [-0.2, 0) is 27.8 Å². The first-order valence-corrected chi connectivity index (χ1v) is 9.80. The van der Waals surface area contributed by atoms with E-state index in [9.17, 15) is 8.42 Å². The van der Waals surface area contributed by atoms with E-state index >= 15 is 0 Å². The summed E-state index contributed by atoms with van der Waals surface area (Å²) in [5.41, 5.74) is 2.74. The van der Waals surface area contributed by atoms with Gasteiger partial charge in [0.25, 0.3) is 0 Å². The maximum atomic E-state index is 12.5. The molecule has 0 saturated heterocycles. The molecule has 1 heterocycles. The Hall–Kier alpha value is -1.48. The summed E-state index contributed by atoms with van der Waals surface area (Å²) in [4.78, 5) is 4.54. The van der Waals surface area contributed by atoms with Crippen molar-refractivity contribution in [2.45, 2.75) is 31.8 Å². The van der Waals surface area contributed by atoms with E-state index in [-0.39, 0.29) is 11.4 Å². The Morgan fingerprint density at radius 2 is 1.92 bits per heavy atom. The van der Waals surface area contributed by atoms with E-state index in [4.69, 9.17) is 9.47 Å². The number of aromatic nitrogens is 1.